The van der Waals surface area contributed by atoms with E-state index in [4.69, 9.17) is 4.42 Å². The average Bonchev–Trinajstić information content (AvgIpc) is 2.86. The highest BCUT2D eigenvalue weighted by Gasteiger charge is 2.31. The van der Waals surface area contributed by atoms with Crippen molar-refractivity contribution in [1.82, 2.24) is 9.88 Å². The zero-order valence-corrected chi connectivity index (χ0v) is 13.0. The van der Waals surface area contributed by atoms with Crippen LogP contribution >= 0.6 is 11.8 Å². The Labute approximate surface area is 128 Å². The molecular weight excluding hydrogens is 284 g/mol. The minimum Gasteiger partial charge on any atom is -0.436 e. The van der Waals surface area contributed by atoms with Gasteiger partial charge >= 0.3 is 0 Å². The Bertz CT molecular complexity index is 639. The van der Waals surface area contributed by atoms with Crippen LogP contribution < -0.4 is 0 Å². The number of thioether (sulfide) groups is 1. The van der Waals surface area contributed by atoms with E-state index in [9.17, 15) is 4.79 Å². The first-order valence-corrected chi connectivity index (χ1v) is 8.20. The number of nitrogens with zero attached hydrogens (tertiary/aromatic N) is 2. The fraction of sp³-hybridized carbons (Fsp3) is 0.375. The molecule has 110 valence electrons. The number of benzene rings is 1. The minimum absolute atomic E-state index is 0.0535. The topological polar surface area (TPSA) is 46.3 Å². The predicted molar refractivity (Wildman–Crippen MR) is 83.5 cm³/mol. The van der Waals surface area contributed by atoms with Gasteiger partial charge in [-0.25, -0.2) is 4.98 Å². The van der Waals surface area contributed by atoms with Gasteiger partial charge in [-0.1, -0.05) is 30.3 Å². The van der Waals surface area contributed by atoms with Crippen LogP contribution in [-0.2, 0) is 0 Å². The van der Waals surface area contributed by atoms with E-state index >= 15 is 0 Å². The van der Waals surface area contributed by atoms with Crippen molar-refractivity contribution in [2.75, 3.05) is 18.1 Å². The first kappa shape index (κ1) is 14.2. The lowest BCUT2D eigenvalue weighted by Gasteiger charge is -2.35. The first-order valence-electron chi connectivity index (χ1n) is 7.04. The second kappa shape index (κ2) is 5.93. The van der Waals surface area contributed by atoms with Crippen LogP contribution in [0.4, 0.5) is 0 Å². The summed E-state index contributed by atoms with van der Waals surface area (Å²) in [6.07, 6.45) is 0. The number of hydrogen-bond acceptors (Lipinski definition) is 4. The highest BCUT2D eigenvalue weighted by Crippen LogP contribution is 2.31. The van der Waals surface area contributed by atoms with Crippen molar-refractivity contribution in [2.45, 2.75) is 19.9 Å². The maximum absolute atomic E-state index is 12.8. The summed E-state index contributed by atoms with van der Waals surface area (Å²) >= 11 is 1.88. The first-order chi connectivity index (χ1) is 10.2. The smallest absolute Gasteiger partial charge is 0.292 e. The number of hydrogen-bond donors (Lipinski definition) is 0. The molecule has 1 atom stereocenters. The Morgan fingerprint density at radius 3 is 2.76 bits per heavy atom. The van der Waals surface area contributed by atoms with Crippen LogP contribution in [0, 0.1) is 13.8 Å². The molecule has 1 fully saturated rings. The summed E-state index contributed by atoms with van der Waals surface area (Å²) in [5.74, 6) is 2.74. The van der Waals surface area contributed by atoms with Crippen LogP contribution in [0.15, 0.2) is 34.7 Å². The van der Waals surface area contributed by atoms with Crippen LogP contribution in [0.3, 0.4) is 0 Å². The number of carbonyl (C=O) groups excluding carboxylic acids is 1. The molecule has 0 N–H and O–H groups in total. The van der Waals surface area contributed by atoms with E-state index in [1.54, 1.807) is 6.92 Å². The molecule has 4 nitrogen and oxygen atoms in total. The number of amides is 1. The molecule has 1 aliphatic heterocycles. The summed E-state index contributed by atoms with van der Waals surface area (Å²) < 4.78 is 5.50. The molecule has 21 heavy (non-hydrogen) atoms. The highest BCUT2D eigenvalue weighted by atomic mass is 32.2. The summed E-state index contributed by atoms with van der Waals surface area (Å²) in [7, 11) is 0. The Morgan fingerprint density at radius 2 is 2.10 bits per heavy atom. The normalized spacial score (nSPS) is 18.8. The lowest BCUT2D eigenvalue weighted by Crippen LogP contribution is -2.40. The third-order valence-corrected chi connectivity index (χ3v) is 4.69. The lowest BCUT2D eigenvalue weighted by molar-refractivity contribution is 0.0666. The number of rotatable bonds is 2. The zero-order valence-electron chi connectivity index (χ0n) is 12.2. The lowest BCUT2D eigenvalue weighted by atomic mass is 10.1. The van der Waals surface area contributed by atoms with E-state index in [0.717, 1.165) is 18.1 Å². The average molecular weight is 302 g/mol. The molecular formula is C16H18N2O2S. The molecule has 5 heteroatoms. The molecule has 0 spiro atoms. The molecule has 2 aromatic rings. The maximum Gasteiger partial charge on any atom is 0.292 e. The van der Waals surface area contributed by atoms with Crippen LogP contribution in [-0.4, -0.2) is 33.8 Å². The molecule has 1 aromatic heterocycles. The van der Waals surface area contributed by atoms with Crippen molar-refractivity contribution in [2.24, 2.45) is 0 Å². The van der Waals surface area contributed by atoms with Crippen molar-refractivity contribution in [3.8, 4) is 0 Å². The van der Waals surface area contributed by atoms with E-state index in [2.05, 4.69) is 17.1 Å². The zero-order chi connectivity index (χ0) is 14.8. The monoisotopic (exact) mass is 302 g/mol. The van der Waals surface area contributed by atoms with Gasteiger partial charge < -0.3 is 9.32 Å². The predicted octanol–water partition coefficient (Wildman–Crippen LogP) is 3.22. The minimum atomic E-state index is -0.0535. The number of oxazole rings is 1. The number of carbonyl (C=O) groups is 1. The Balaban J connectivity index is 1.91. The fourth-order valence-electron chi connectivity index (χ4n) is 2.66. The van der Waals surface area contributed by atoms with Crippen molar-refractivity contribution in [1.29, 1.82) is 0 Å². The Hall–Kier alpha value is -1.75. The molecule has 3 rings (SSSR count). The van der Waals surface area contributed by atoms with E-state index in [0.29, 0.717) is 17.3 Å². The summed E-state index contributed by atoms with van der Waals surface area (Å²) in [5, 5.41) is 0. The third-order valence-electron chi connectivity index (χ3n) is 3.67. The molecule has 0 saturated carbocycles. The van der Waals surface area contributed by atoms with Crippen LogP contribution in [0.2, 0.25) is 0 Å². The standard InChI is InChI=1S/C16H18N2O2S/c1-11-15(20-12(2)17-11)16(19)18-8-9-21-10-14(18)13-6-4-3-5-7-13/h3-7,14H,8-10H2,1-2H3. The van der Waals surface area contributed by atoms with E-state index in [1.807, 2.05) is 41.8 Å². The van der Waals surface area contributed by atoms with Gasteiger partial charge in [0.1, 0.15) is 0 Å². The van der Waals surface area contributed by atoms with Gasteiger partial charge in [0.05, 0.1) is 11.7 Å². The van der Waals surface area contributed by atoms with E-state index < -0.39 is 0 Å². The van der Waals surface area contributed by atoms with Gasteiger partial charge in [-0.05, 0) is 12.5 Å². The van der Waals surface area contributed by atoms with Gasteiger partial charge in [-0.15, -0.1) is 0 Å². The van der Waals surface area contributed by atoms with Crippen LogP contribution in [0.25, 0.3) is 0 Å². The van der Waals surface area contributed by atoms with Crippen LogP contribution in [0.5, 0.6) is 0 Å². The van der Waals surface area contributed by atoms with E-state index in [-0.39, 0.29) is 11.9 Å². The van der Waals surface area contributed by atoms with Gasteiger partial charge in [0, 0.05) is 25.0 Å². The second-order valence-electron chi connectivity index (χ2n) is 5.15. The quantitative estimate of drug-likeness (QED) is 0.854. The largest absolute Gasteiger partial charge is 0.436 e. The van der Waals surface area contributed by atoms with E-state index in [1.165, 1.54) is 5.56 Å². The molecule has 1 saturated heterocycles. The van der Waals surface area contributed by atoms with Crippen molar-refractivity contribution in [3.63, 3.8) is 0 Å². The van der Waals surface area contributed by atoms with Gasteiger partial charge in [-0.3, -0.25) is 4.79 Å². The van der Waals surface area contributed by atoms with Crippen molar-refractivity contribution in [3.05, 3.63) is 53.2 Å². The molecule has 1 unspecified atom stereocenters. The van der Waals surface area contributed by atoms with Gasteiger partial charge in [0.15, 0.2) is 5.89 Å². The molecule has 0 aliphatic carbocycles. The SMILES string of the molecule is Cc1nc(C)c(C(=O)N2CCSCC2c2ccccc2)o1. The summed E-state index contributed by atoms with van der Waals surface area (Å²) in [4.78, 5) is 18.9. The summed E-state index contributed by atoms with van der Waals surface area (Å²) in [6, 6.07) is 10.3. The summed E-state index contributed by atoms with van der Waals surface area (Å²) in [6.45, 7) is 4.33. The molecule has 2 heterocycles. The fourth-order valence-corrected chi connectivity index (χ4v) is 3.75. The van der Waals surface area contributed by atoms with Crippen LogP contribution in [0.1, 0.15) is 33.7 Å². The van der Waals surface area contributed by atoms with Gasteiger partial charge in [0.25, 0.3) is 5.91 Å². The highest BCUT2D eigenvalue weighted by molar-refractivity contribution is 7.99. The summed E-state index contributed by atoms with van der Waals surface area (Å²) in [5.41, 5.74) is 1.84. The third kappa shape index (κ3) is 2.83. The molecule has 1 aliphatic rings. The molecule has 1 amide bonds. The van der Waals surface area contributed by atoms with Gasteiger partial charge in [-0.2, -0.15) is 11.8 Å². The van der Waals surface area contributed by atoms with Crippen molar-refractivity contribution >= 4 is 17.7 Å². The van der Waals surface area contributed by atoms with Crippen molar-refractivity contribution < 1.29 is 9.21 Å². The number of aromatic nitrogens is 1. The molecule has 1 aromatic carbocycles. The Morgan fingerprint density at radius 1 is 1.33 bits per heavy atom. The van der Waals surface area contributed by atoms with Gasteiger partial charge in [0.2, 0.25) is 5.76 Å². The number of aryl methyl sites for hydroxylation is 2. The maximum atomic E-state index is 12.8. The molecule has 0 bridgehead atoms. The molecule has 0 radical (unpaired) electrons. The second-order valence-corrected chi connectivity index (χ2v) is 6.30. The Kier molecular flexibility index (Phi) is 4.01.